The number of aromatic nitrogens is 1. The van der Waals surface area contributed by atoms with Crippen molar-refractivity contribution in [1.82, 2.24) is 4.57 Å². The number of fused-ring (bicyclic) bond motifs is 3. The van der Waals surface area contributed by atoms with Gasteiger partial charge in [-0.05, 0) is 61.9 Å². The first-order valence-electron chi connectivity index (χ1n) is 7.03. The second-order valence-electron chi connectivity index (χ2n) is 5.58. The van der Waals surface area contributed by atoms with Gasteiger partial charge in [0.2, 0.25) is 0 Å². The molecule has 0 saturated carbocycles. The van der Waals surface area contributed by atoms with E-state index in [1.54, 1.807) is 7.11 Å². The summed E-state index contributed by atoms with van der Waals surface area (Å²) in [6.07, 6.45) is 3.62. The average molecular weight is 258 g/mol. The van der Waals surface area contributed by atoms with Gasteiger partial charge in [0.25, 0.3) is 0 Å². The van der Waals surface area contributed by atoms with Crippen molar-refractivity contribution in [2.75, 3.05) is 13.7 Å². The minimum Gasteiger partial charge on any atom is -0.497 e. The van der Waals surface area contributed by atoms with Gasteiger partial charge < -0.3 is 15.0 Å². The van der Waals surface area contributed by atoms with E-state index in [-0.39, 0.29) is 0 Å². The SMILES string of the molecule is COc1cc(C)c2c(c1)c1c(n2C)CCCC1CN. The standard InChI is InChI=1S/C16H22N2O/c1-10-7-12(19-3)8-13-15-11(9-17)5-4-6-14(15)18(2)16(10)13/h7-8,11H,4-6,9,17H2,1-3H3. The van der Waals surface area contributed by atoms with E-state index in [1.807, 2.05) is 0 Å². The van der Waals surface area contributed by atoms with Crippen molar-refractivity contribution < 1.29 is 4.74 Å². The fourth-order valence-corrected chi connectivity index (χ4v) is 3.64. The minimum atomic E-state index is 0.499. The van der Waals surface area contributed by atoms with Gasteiger partial charge in [0.1, 0.15) is 5.75 Å². The first kappa shape index (κ1) is 12.5. The molecule has 2 aromatic rings. The van der Waals surface area contributed by atoms with Crippen LogP contribution in [0, 0.1) is 6.92 Å². The highest BCUT2D eigenvalue weighted by molar-refractivity contribution is 5.90. The molecule has 19 heavy (non-hydrogen) atoms. The third-order valence-corrected chi connectivity index (χ3v) is 4.51. The maximum Gasteiger partial charge on any atom is 0.119 e. The van der Waals surface area contributed by atoms with Gasteiger partial charge in [-0.1, -0.05) is 0 Å². The summed E-state index contributed by atoms with van der Waals surface area (Å²) in [6.45, 7) is 2.90. The molecule has 3 nitrogen and oxygen atoms in total. The van der Waals surface area contributed by atoms with Crippen molar-refractivity contribution in [1.29, 1.82) is 0 Å². The number of benzene rings is 1. The zero-order valence-corrected chi connectivity index (χ0v) is 12.0. The molecule has 0 fully saturated rings. The monoisotopic (exact) mass is 258 g/mol. The number of hydrogen-bond donors (Lipinski definition) is 1. The summed E-state index contributed by atoms with van der Waals surface area (Å²) >= 11 is 0. The first-order chi connectivity index (χ1) is 9.17. The van der Waals surface area contributed by atoms with E-state index >= 15 is 0 Å². The number of rotatable bonds is 2. The van der Waals surface area contributed by atoms with Gasteiger partial charge in [-0.3, -0.25) is 0 Å². The summed E-state index contributed by atoms with van der Waals surface area (Å²) in [5.74, 6) is 1.44. The second-order valence-corrected chi connectivity index (χ2v) is 5.58. The normalized spacial score (nSPS) is 18.6. The highest BCUT2D eigenvalue weighted by Gasteiger charge is 2.26. The lowest BCUT2D eigenvalue weighted by Gasteiger charge is -2.22. The molecule has 102 valence electrons. The van der Waals surface area contributed by atoms with Crippen LogP contribution in [-0.4, -0.2) is 18.2 Å². The van der Waals surface area contributed by atoms with E-state index in [9.17, 15) is 0 Å². The molecule has 1 aromatic heterocycles. The van der Waals surface area contributed by atoms with Crippen molar-refractivity contribution in [2.45, 2.75) is 32.1 Å². The van der Waals surface area contributed by atoms with Crippen molar-refractivity contribution in [3.8, 4) is 5.75 Å². The van der Waals surface area contributed by atoms with Crippen molar-refractivity contribution in [3.05, 3.63) is 29.0 Å². The van der Waals surface area contributed by atoms with E-state index in [0.29, 0.717) is 5.92 Å². The molecular weight excluding hydrogens is 236 g/mol. The van der Waals surface area contributed by atoms with Gasteiger partial charge >= 0.3 is 0 Å². The maximum absolute atomic E-state index is 5.99. The lowest BCUT2D eigenvalue weighted by atomic mass is 9.85. The highest BCUT2D eigenvalue weighted by Crippen LogP contribution is 2.40. The molecule has 0 saturated heterocycles. The molecule has 2 N–H and O–H groups in total. The average Bonchev–Trinajstić information content (AvgIpc) is 2.72. The van der Waals surface area contributed by atoms with Crippen molar-refractivity contribution in [3.63, 3.8) is 0 Å². The first-order valence-corrected chi connectivity index (χ1v) is 7.03. The van der Waals surface area contributed by atoms with Crippen LogP contribution in [0.25, 0.3) is 10.9 Å². The van der Waals surface area contributed by atoms with E-state index < -0.39 is 0 Å². The summed E-state index contributed by atoms with van der Waals surface area (Å²) in [7, 11) is 3.91. The summed E-state index contributed by atoms with van der Waals surface area (Å²) in [5, 5.41) is 1.34. The van der Waals surface area contributed by atoms with Crippen LogP contribution in [0.3, 0.4) is 0 Å². The molecule has 3 rings (SSSR count). The van der Waals surface area contributed by atoms with Crippen molar-refractivity contribution >= 4 is 10.9 Å². The quantitative estimate of drug-likeness (QED) is 0.899. The molecule has 0 aliphatic heterocycles. The Bertz CT molecular complexity index is 627. The Hall–Kier alpha value is -1.48. The molecule has 1 aliphatic rings. The Morgan fingerprint density at radius 3 is 2.89 bits per heavy atom. The fraction of sp³-hybridized carbons (Fsp3) is 0.500. The summed E-state index contributed by atoms with van der Waals surface area (Å²) < 4.78 is 7.79. The van der Waals surface area contributed by atoms with Gasteiger partial charge in [-0.15, -0.1) is 0 Å². The number of nitrogens with two attached hydrogens (primary N) is 1. The van der Waals surface area contributed by atoms with Crippen LogP contribution in [0.1, 0.15) is 35.6 Å². The zero-order chi connectivity index (χ0) is 13.6. The minimum absolute atomic E-state index is 0.499. The molecule has 0 spiro atoms. The Kier molecular flexibility index (Phi) is 3.02. The zero-order valence-electron chi connectivity index (χ0n) is 12.0. The Morgan fingerprint density at radius 1 is 1.42 bits per heavy atom. The van der Waals surface area contributed by atoms with E-state index in [1.165, 1.54) is 47.0 Å². The van der Waals surface area contributed by atoms with Gasteiger partial charge in [0.15, 0.2) is 0 Å². The van der Waals surface area contributed by atoms with Crippen LogP contribution in [-0.2, 0) is 13.5 Å². The molecule has 1 aromatic carbocycles. The third kappa shape index (κ3) is 1.76. The van der Waals surface area contributed by atoms with Crippen LogP contribution >= 0.6 is 0 Å². The summed E-state index contributed by atoms with van der Waals surface area (Å²) in [6, 6.07) is 4.29. The Labute approximate surface area is 114 Å². The molecule has 1 unspecified atom stereocenters. The molecule has 3 heteroatoms. The van der Waals surface area contributed by atoms with Gasteiger partial charge in [-0.25, -0.2) is 0 Å². The number of aryl methyl sites for hydroxylation is 2. The highest BCUT2D eigenvalue weighted by atomic mass is 16.5. The van der Waals surface area contributed by atoms with Crippen LogP contribution in [0.4, 0.5) is 0 Å². The fourth-order valence-electron chi connectivity index (χ4n) is 3.64. The Balaban J connectivity index is 2.36. The topological polar surface area (TPSA) is 40.2 Å². The molecule has 0 amide bonds. The van der Waals surface area contributed by atoms with E-state index in [0.717, 1.165) is 12.3 Å². The molecule has 1 heterocycles. The van der Waals surface area contributed by atoms with Crippen LogP contribution in [0.5, 0.6) is 5.75 Å². The van der Waals surface area contributed by atoms with E-state index in [2.05, 4.69) is 30.7 Å². The summed E-state index contributed by atoms with van der Waals surface area (Å²) in [4.78, 5) is 0. The third-order valence-electron chi connectivity index (χ3n) is 4.51. The predicted molar refractivity (Wildman–Crippen MR) is 78.9 cm³/mol. The number of hydrogen-bond acceptors (Lipinski definition) is 2. The second kappa shape index (κ2) is 4.57. The Morgan fingerprint density at radius 2 is 2.21 bits per heavy atom. The van der Waals surface area contributed by atoms with Gasteiger partial charge in [0, 0.05) is 18.1 Å². The van der Waals surface area contributed by atoms with Crippen LogP contribution in [0.2, 0.25) is 0 Å². The van der Waals surface area contributed by atoms with Crippen LogP contribution in [0.15, 0.2) is 12.1 Å². The van der Waals surface area contributed by atoms with Gasteiger partial charge in [0.05, 0.1) is 12.6 Å². The smallest absolute Gasteiger partial charge is 0.119 e. The van der Waals surface area contributed by atoms with Gasteiger partial charge in [-0.2, -0.15) is 0 Å². The number of ether oxygens (including phenoxy) is 1. The molecule has 1 atom stereocenters. The maximum atomic E-state index is 5.99. The molecule has 0 bridgehead atoms. The van der Waals surface area contributed by atoms with Crippen LogP contribution < -0.4 is 10.5 Å². The number of methoxy groups -OCH3 is 1. The lowest BCUT2D eigenvalue weighted by molar-refractivity contribution is 0.415. The lowest BCUT2D eigenvalue weighted by Crippen LogP contribution is -2.18. The molecular formula is C16H22N2O. The van der Waals surface area contributed by atoms with Crippen molar-refractivity contribution in [2.24, 2.45) is 12.8 Å². The molecule has 1 aliphatic carbocycles. The largest absolute Gasteiger partial charge is 0.497 e. The molecule has 0 radical (unpaired) electrons. The predicted octanol–water partition coefficient (Wildman–Crippen LogP) is 2.87. The number of nitrogens with zero attached hydrogens (tertiary/aromatic N) is 1. The summed E-state index contributed by atoms with van der Waals surface area (Å²) in [5.41, 5.74) is 11.5. The van der Waals surface area contributed by atoms with E-state index in [4.69, 9.17) is 10.5 Å².